The van der Waals surface area contributed by atoms with Gasteiger partial charge in [-0.1, -0.05) is 48.5 Å². The van der Waals surface area contributed by atoms with E-state index in [9.17, 15) is 9.59 Å². The van der Waals surface area contributed by atoms with E-state index in [2.05, 4.69) is 27.8 Å². The highest BCUT2D eigenvalue weighted by Crippen LogP contribution is 2.26. The number of para-hydroxylation sites is 1. The number of H-pyrrole nitrogens is 1. The molecule has 6 nitrogen and oxygen atoms in total. The van der Waals surface area contributed by atoms with E-state index >= 15 is 0 Å². The van der Waals surface area contributed by atoms with Crippen LogP contribution < -0.4 is 10.6 Å². The molecule has 2 saturated heterocycles. The lowest BCUT2D eigenvalue weighted by Crippen LogP contribution is -2.61. The summed E-state index contributed by atoms with van der Waals surface area (Å²) in [5.41, 5.74) is 3.29. The molecule has 2 fully saturated rings. The topological polar surface area (TPSA) is 77.2 Å². The molecule has 3 aromatic rings. The van der Waals surface area contributed by atoms with E-state index in [0.29, 0.717) is 19.4 Å². The summed E-state index contributed by atoms with van der Waals surface area (Å²) >= 11 is 0. The first-order chi connectivity index (χ1) is 14.2. The van der Waals surface area contributed by atoms with Crippen molar-refractivity contribution >= 4 is 22.7 Å². The van der Waals surface area contributed by atoms with Crippen LogP contribution >= 0.6 is 0 Å². The summed E-state index contributed by atoms with van der Waals surface area (Å²) in [6.45, 7) is 1.31. The SMILES string of the molecule is O=C1N[C@@H](Cc2c[nH]c3ccccc23)C(=O)N2C[C@@H](NCc3ccccc3)C[C@@H]12. The molecule has 1 aromatic heterocycles. The van der Waals surface area contributed by atoms with E-state index in [1.165, 1.54) is 5.56 Å². The number of nitrogens with one attached hydrogen (secondary N) is 3. The molecular weight excluding hydrogens is 364 g/mol. The minimum absolute atomic E-state index is 0.0175. The summed E-state index contributed by atoms with van der Waals surface area (Å²) in [5.74, 6) is -0.0256. The van der Waals surface area contributed by atoms with E-state index in [0.717, 1.165) is 23.0 Å². The monoisotopic (exact) mass is 388 g/mol. The Morgan fingerprint density at radius 1 is 1.03 bits per heavy atom. The van der Waals surface area contributed by atoms with Crippen LogP contribution in [0.15, 0.2) is 60.8 Å². The number of hydrogen-bond donors (Lipinski definition) is 3. The van der Waals surface area contributed by atoms with Crippen LogP contribution in [0.1, 0.15) is 17.5 Å². The van der Waals surface area contributed by atoms with E-state index in [4.69, 9.17) is 0 Å². The molecule has 6 heteroatoms. The summed E-state index contributed by atoms with van der Waals surface area (Å²) in [7, 11) is 0. The van der Waals surface area contributed by atoms with Crippen molar-refractivity contribution in [2.45, 2.75) is 37.5 Å². The summed E-state index contributed by atoms with van der Waals surface area (Å²) in [6.07, 6.45) is 3.09. The first-order valence-electron chi connectivity index (χ1n) is 10.1. The number of aromatic amines is 1. The smallest absolute Gasteiger partial charge is 0.246 e. The van der Waals surface area contributed by atoms with Gasteiger partial charge in [0.2, 0.25) is 11.8 Å². The summed E-state index contributed by atoms with van der Waals surface area (Å²) in [6, 6.07) is 17.4. The number of carbonyl (C=O) groups is 2. The Kier molecular flexibility index (Phi) is 4.56. The maximum Gasteiger partial charge on any atom is 0.246 e. The van der Waals surface area contributed by atoms with Crippen molar-refractivity contribution in [2.24, 2.45) is 0 Å². The molecular formula is C23H24N4O2. The number of nitrogens with zero attached hydrogens (tertiary/aromatic N) is 1. The second-order valence-electron chi connectivity index (χ2n) is 7.93. The van der Waals surface area contributed by atoms with Crippen LogP contribution in [0.5, 0.6) is 0 Å². The van der Waals surface area contributed by atoms with Gasteiger partial charge < -0.3 is 20.5 Å². The molecule has 2 aromatic carbocycles. The van der Waals surface area contributed by atoms with Crippen molar-refractivity contribution in [3.8, 4) is 0 Å². The third kappa shape index (κ3) is 3.40. The lowest BCUT2D eigenvalue weighted by molar-refractivity contribution is -0.146. The Hall–Kier alpha value is -3.12. The van der Waals surface area contributed by atoms with Gasteiger partial charge in [0.15, 0.2) is 0 Å². The lowest BCUT2D eigenvalue weighted by atomic mass is 10.0. The van der Waals surface area contributed by atoms with E-state index in [1.807, 2.05) is 48.7 Å². The first kappa shape index (κ1) is 17.9. The minimum atomic E-state index is -0.508. The molecule has 0 spiro atoms. The number of fused-ring (bicyclic) bond motifs is 2. The molecule has 0 aliphatic carbocycles. The predicted octanol–water partition coefficient (Wildman–Crippen LogP) is 1.97. The highest BCUT2D eigenvalue weighted by atomic mass is 16.2. The third-order valence-corrected chi connectivity index (χ3v) is 6.04. The molecule has 2 aliphatic heterocycles. The molecule has 0 unspecified atom stereocenters. The van der Waals surface area contributed by atoms with Gasteiger partial charge in [0, 0.05) is 42.7 Å². The predicted molar refractivity (Wildman–Crippen MR) is 111 cm³/mol. The number of piperazine rings is 1. The Morgan fingerprint density at radius 3 is 2.69 bits per heavy atom. The second kappa shape index (κ2) is 7.37. The maximum absolute atomic E-state index is 13.1. The van der Waals surface area contributed by atoms with E-state index in [-0.39, 0.29) is 23.9 Å². The molecule has 2 aliphatic rings. The zero-order valence-corrected chi connectivity index (χ0v) is 16.1. The van der Waals surface area contributed by atoms with Gasteiger partial charge in [0.05, 0.1) is 0 Å². The van der Waals surface area contributed by atoms with Crippen LogP contribution in [0, 0.1) is 0 Å². The standard InChI is InChI=1S/C23H24N4O2/c28-22-21-11-17(24-12-15-6-2-1-3-7-15)14-27(21)23(29)20(26-22)10-16-13-25-19-9-5-4-8-18(16)19/h1-9,13,17,20-21,24-25H,10-12,14H2,(H,26,28)/t17-,20-,21-/m0/s1. The summed E-state index contributed by atoms with van der Waals surface area (Å²) in [5, 5.41) is 7.56. The number of rotatable bonds is 5. The van der Waals surface area contributed by atoms with E-state index < -0.39 is 6.04 Å². The quantitative estimate of drug-likeness (QED) is 0.625. The molecule has 3 heterocycles. The molecule has 3 atom stereocenters. The van der Waals surface area contributed by atoms with Crippen LogP contribution in [0.2, 0.25) is 0 Å². The van der Waals surface area contributed by atoms with Gasteiger partial charge in [-0.3, -0.25) is 9.59 Å². The molecule has 29 heavy (non-hydrogen) atoms. The van der Waals surface area contributed by atoms with Crippen molar-refractivity contribution in [3.05, 3.63) is 71.9 Å². The summed E-state index contributed by atoms with van der Waals surface area (Å²) in [4.78, 5) is 30.8. The Labute approximate surface area is 169 Å². The molecule has 0 saturated carbocycles. The zero-order chi connectivity index (χ0) is 19.8. The Bertz CT molecular complexity index is 1050. The number of aromatic nitrogens is 1. The molecule has 148 valence electrons. The molecule has 0 radical (unpaired) electrons. The molecule has 0 bridgehead atoms. The lowest BCUT2D eigenvalue weighted by Gasteiger charge is -2.34. The van der Waals surface area contributed by atoms with Crippen LogP contribution in [0.25, 0.3) is 10.9 Å². The third-order valence-electron chi connectivity index (χ3n) is 6.04. The first-order valence-corrected chi connectivity index (χ1v) is 10.1. The van der Waals surface area contributed by atoms with Crippen molar-refractivity contribution in [1.29, 1.82) is 0 Å². The molecule has 2 amide bonds. The van der Waals surface area contributed by atoms with Gasteiger partial charge in [-0.05, 0) is 23.6 Å². The fourth-order valence-electron chi connectivity index (χ4n) is 4.52. The Morgan fingerprint density at radius 2 is 1.83 bits per heavy atom. The number of hydrogen-bond acceptors (Lipinski definition) is 3. The van der Waals surface area contributed by atoms with Gasteiger partial charge >= 0.3 is 0 Å². The Balaban J connectivity index is 1.27. The van der Waals surface area contributed by atoms with Crippen LogP contribution in [-0.2, 0) is 22.6 Å². The maximum atomic E-state index is 13.1. The summed E-state index contributed by atoms with van der Waals surface area (Å²) < 4.78 is 0. The fourth-order valence-corrected chi connectivity index (χ4v) is 4.52. The number of carbonyl (C=O) groups excluding carboxylic acids is 2. The van der Waals surface area contributed by atoms with Crippen LogP contribution in [0.3, 0.4) is 0 Å². The fraction of sp³-hybridized carbons (Fsp3) is 0.304. The average Bonchev–Trinajstić information content (AvgIpc) is 3.36. The van der Waals surface area contributed by atoms with Gasteiger partial charge in [0.25, 0.3) is 0 Å². The van der Waals surface area contributed by atoms with E-state index in [1.54, 1.807) is 4.90 Å². The van der Waals surface area contributed by atoms with Crippen molar-refractivity contribution < 1.29 is 9.59 Å². The van der Waals surface area contributed by atoms with Crippen molar-refractivity contribution in [1.82, 2.24) is 20.5 Å². The normalized spacial score (nSPS) is 24.0. The van der Waals surface area contributed by atoms with Gasteiger partial charge in [-0.2, -0.15) is 0 Å². The number of benzene rings is 2. The van der Waals surface area contributed by atoms with Gasteiger partial charge in [-0.25, -0.2) is 0 Å². The van der Waals surface area contributed by atoms with Crippen molar-refractivity contribution in [3.63, 3.8) is 0 Å². The second-order valence-corrected chi connectivity index (χ2v) is 7.93. The minimum Gasteiger partial charge on any atom is -0.361 e. The molecule has 3 N–H and O–H groups in total. The van der Waals surface area contributed by atoms with Gasteiger partial charge in [-0.15, -0.1) is 0 Å². The largest absolute Gasteiger partial charge is 0.361 e. The van der Waals surface area contributed by atoms with Crippen LogP contribution in [0.4, 0.5) is 0 Å². The van der Waals surface area contributed by atoms with Gasteiger partial charge in [0.1, 0.15) is 12.1 Å². The average molecular weight is 388 g/mol. The highest BCUT2D eigenvalue weighted by molar-refractivity contribution is 5.98. The highest BCUT2D eigenvalue weighted by Gasteiger charge is 2.46. The zero-order valence-electron chi connectivity index (χ0n) is 16.1. The van der Waals surface area contributed by atoms with Crippen molar-refractivity contribution in [2.75, 3.05) is 6.54 Å². The number of amides is 2. The van der Waals surface area contributed by atoms with Crippen LogP contribution in [-0.4, -0.2) is 46.4 Å². The molecule has 5 rings (SSSR count).